The Hall–Kier alpha value is -1.06. The number of hydrogen-bond donors (Lipinski definition) is 1. The van der Waals surface area contributed by atoms with Crippen molar-refractivity contribution in [3.8, 4) is 5.75 Å². The molecule has 0 aliphatic carbocycles. The molecule has 1 fully saturated rings. The van der Waals surface area contributed by atoms with Gasteiger partial charge in [-0.15, -0.1) is 0 Å². The van der Waals surface area contributed by atoms with Gasteiger partial charge < -0.3 is 15.0 Å². The highest BCUT2D eigenvalue weighted by Gasteiger charge is 2.20. The molecule has 0 saturated carbocycles. The van der Waals surface area contributed by atoms with E-state index < -0.39 is 0 Å². The smallest absolute Gasteiger partial charge is 0.118 e. The van der Waals surface area contributed by atoms with Gasteiger partial charge in [0, 0.05) is 12.6 Å². The molecule has 0 aromatic heterocycles. The number of ether oxygens (including phenoxy) is 1. The van der Waals surface area contributed by atoms with E-state index >= 15 is 0 Å². The van der Waals surface area contributed by atoms with Crippen molar-refractivity contribution in [3.05, 3.63) is 29.8 Å². The van der Waals surface area contributed by atoms with Crippen LogP contribution in [-0.2, 0) is 0 Å². The van der Waals surface area contributed by atoms with Crippen LogP contribution in [0.15, 0.2) is 24.3 Å². The standard InChI is InChI=1S/C17H28N2O/c1-4-14-9-11-19(12-10-14)13-17(18-2)15-5-7-16(20-3)8-6-15/h5-8,14,17-18H,4,9-13H2,1-3H3. The fourth-order valence-electron chi connectivity index (χ4n) is 3.04. The number of likely N-dealkylation sites (tertiary alicyclic amines) is 1. The molecule has 1 aromatic rings. The topological polar surface area (TPSA) is 24.5 Å². The Bertz CT molecular complexity index is 382. The van der Waals surface area contributed by atoms with Crippen molar-refractivity contribution in [1.29, 1.82) is 0 Å². The molecule has 0 bridgehead atoms. The van der Waals surface area contributed by atoms with Gasteiger partial charge in [-0.3, -0.25) is 0 Å². The van der Waals surface area contributed by atoms with Crippen molar-refractivity contribution in [1.82, 2.24) is 10.2 Å². The van der Waals surface area contributed by atoms with E-state index in [1.807, 2.05) is 19.2 Å². The second-order valence-corrected chi connectivity index (χ2v) is 5.77. The number of likely N-dealkylation sites (N-methyl/N-ethyl adjacent to an activating group) is 1. The van der Waals surface area contributed by atoms with E-state index in [4.69, 9.17) is 4.74 Å². The van der Waals surface area contributed by atoms with E-state index in [-0.39, 0.29) is 0 Å². The van der Waals surface area contributed by atoms with Gasteiger partial charge in [0.2, 0.25) is 0 Å². The summed E-state index contributed by atoms with van der Waals surface area (Å²) >= 11 is 0. The highest BCUT2D eigenvalue weighted by molar-refractivity contribution is 5.29. The molecule has 1 N–H and O–H groups in total. The molecule has 2 rings (SSSR count). The summed E-state index contributed by atoms with van der Waals surface area (Å²) in [4.78, 5) is 2.59. The van der Waals surface area contributed by atoms with Crippen molar-refractivity contribution in [2.45, 2.75) is 32.2 Å². The average molecular weight is 276 g/mol. The molecule has 20 heavy (non-hydrogen) atoms. The van der Waals surface area contributed by atoms with E-state index in [0.29, 0.717) is 6.04 Å². The third-order valence-corrected chi connectivity index (χ3v) is 4.59. The maximum atomic E-state index is 5.23. The lowest BCUT2D eigenvalue weighted by Crippen LogP contribution is -2.39. The molecule has 1 heterocycles. The molecule has 1 aliphatic heterocycles. The highest BCUT2D eigenvalue weighted by atomic mass is 16.5. The van der Waals surface area contributed by atoms with E-state index in [9.17, 15) is 0 Å². The molecule has 0 radical (unpaired) electrons. The Morgan fingerprint density at radius 1 is 1.25 bits per heavy atom. The Labute approximate surface area is 123 Å². The molecule has 0 spiro atoms. The summed E-state index contributed by atoms with van der Waals surface area (Å²) in [5.74, 6) is 1.87. The molecule has 3 nitrogen and oxygen atoms in total. The summed E-state index contributed by atoms with van der Waals surface area (Å²) in [5.41, 5.74) is 1.34. The SMILES string of the molecule is CCC1CCN(CC(NC)c2ccc(OC)cc2)CC1. The number of hydrogen-bond acceptors (Lipinski definition) is 3. The molecule has 1 aromatic carbocycles. The number of nitrogens with zero attached hydrogens (tertiary/aromatic N) is 1. The summed E-state index contributed by atoms with van der Waals surface area (Å²) in [6.07, 6.45) is 4.05. The summed E-state index contributed by atoms with van der Waals surface area (Å²) in [5, 5.41) is 3.45. The van der Waals surface area contributed by atoms with Gasteiger partial charge in [-0.1, -0.05) is 25.5 Å². The summed E-state index contributed by atoms with van der Waals surface area (Å²) in [7, 11) is 3.76. The molecule has 1 aliphatic rings. The Balaban J connectivity index is 1.91. The van der Waals surface area contributed by atoms with Gasteiger partial charge in [-0.2, -0.15) is 0 Å². The molecule has 1 saturated heterocycles. The van der Waals surface area contributed by atoms with Crippen LogP contribution >= 0.6 is 0 Å². The molecular formula is C17H28N2O. The summed E-state index contributed by atoms with van der Waals surface area (Å²) < 4.78 is 5.23. The number of methoxy groups -OCH3 is 1. The highest BCUT2D eigenvalue weighted by Crippen LogP contribution is 2.23. The third-order valence-electron chi connectivity index (χ3n) is 4.59. The second kappa shape index (κ2) is 7.65. The zero-order valence-electron chi connectivity index (χ0n) is 13.1. The van der Waals surface area contributed by atoms with E-state index in [0.717, 1.165) is 18.2 Å². The first-order chi connectivity index (χ1) is 9.76. The first-order valence-electron chi connectivity index (χ1n) is 7.80. The van der Waals surface area contributed by atoms with Gasteiger partial charge in [0.25, 0.3) is 0 Å². The maximum Gasteiger partial charge on any atom is 0.118 e. The van der Waals surface area contributed by atoms with Gasteiger partial charge in [0.1, 0.15) is 5.75 Å². The Morgan fingerprint density at radius 2 is 1.90 bits per heavy atom. The number of benzene rings is 1. The molecule has 112 valence electrons. The van der Waals surface area contributed by atoms with Gasteiger partial charge in [-0.25, -0.2) is 0 Å². The monoisotopic (exact) mass is 276 g/mol. The van der Waals surface area contributed by atoms with Crippen LogP contribution in [-0.4, -0.2) is 38.7 Å². The summed E-state index contributed by atoms with van der Waals surface area (Å²) in [6, 6.07) is 8.82. The molecule has 1 atom stereocenters. The van der Waals surface area contributed by atoms with E-state index in [1.54, 1.807) is 7.11 Å². The molecule has 1 unspecified atom stereocenters. The molecular weight excluding hydrogens is 248 g/mol. The second-order valence-electron chi connectivity index (χ2n) is 5.77. The van der Waals surface area contributed by atoms with Crippen molar-refractivity contribution >= 4 is 0 Å². The lowest BCUT2D eigenvalue weighted by Gasteiger charge is -2.34. The van der Waals surface area contributed by atoms with Gasteiger partial charge in [0.05, 0.1) is 7.11 Å². The van der Waals surface area contributed by atoms with Gasteiger partial charge >= 0.3 is 0 Å². The fraction of sp³-hybridized carbons (Fsp3) is 0.647. The Kier molecular flexibility index (Phi) is 5.86. The minimum Gasteiger partial charge on any atom is -0.497 e. The van der Waals surface area contributed by atoms with Crippen molar-refractivity contribution in [2.24, 2.45) is 5.92 Å². The van der Waals surface area contributed by atoms with Crippen LogP contribution < -0.4 is 10.1 Å². The van der Waals surface area contributed by atoms with Crippen LogP contribution in [0.1, 0.15) is 37.8 Å². The van der Waals surface area contributed by atoms with Crippen LogP contribution in [0, 0.1) is 5.92 Å². The Morgan fingerprint density at radius 3 is 2.40 bits per heavy atom. The van der Waals surface area contributed by atoms with E-state index in [1.165, 1.54) is 37.9 Å². The van der Waals surface area contributed by atoms with Crippen LogP contribution in [0.2, 0.25) is 0 Å². The zero-order chi connectivity index (χ0) is 14.4. The van der Waals surface area contributed by atoms with Crippen molar-refractivity contribution in [2.75, 3.05) is 33.8 Å². The lowest BCUT2D eigenvalue weighted by molar-refractivity contribution is 0.168. The van der Waals surface area contributed by atoms with Gasteiger partial charge in [0.15, 0.2) is 0 Å². The number of rotatable bonds is 6. The predicted octanol–water partition coefficient (Wildman–Crippen LogP) is 3.08. The van der Waals surface area contributed by atoms with Crippen LogP contribution in [0.25, 0.3) is 0 Å². The third kappa shape index (κ3) is 3.97. The lowest BCUT2D eigenvalue weighted by atomic mass is 9.94. The van der Waals surface area contributed by atoms with Crippen LogP contribution in [0.3, 0.4) is 0 Å². The zero-order valence-corrected chi connectivity index (χ0v) is 13.1. The first-order valence-corrected chi connectivity index (χ1v) is 7.80. The van der Waals surface area contributed by atoms with Crippen molar-refractivity contribution < 1.29 is 4.74 Å². The van der Waals surface area contributed by atoms with Crippen molar-refractivity contribution in [3.63, 3.8) is 0 Å². The number of piperidine rings is 1. The maximum absolute atomic E-state index is 5.23. The first kappa shape index (κ1) is 15.3. The largest absolute Gasteiger partial charge is 0.497 e. The summed E-state index contributed by atoms with van der Waals surface area (Å²) in [6.45, 7) is 5.90. The van der Waals surface area contributed by atoms with Crippen LogP contribution in [0.5, 0.6) is 5.75 Å². The molecule has 3 heteroatoms. The normalized spacial score (nSPS) is 18.9. The van der Waals surface area contributed by atoms with Gasteiger partial charge in [-0.05, 0) is 56.6 Å². The minimum absolute atomic E-state index is 0.402. The quantitative estimate of drug-likeness (QED) is 0.864. The van der Waals surface area contributed by atoms with Crippen LogP contribution in [0.4, 0.5) is 0 Å². The number of nitrogens with one attached hydrogen (secondary N) is 1. The fourth-order valence-corrected chi connectivity index (χ4v) is 3.04. The van der Waals surface area contributed by atoms with E-state index in [2.05, 4.69) is 29.3 Å². The minimum atomic E-state index is 0.402. The average Bonchev–Trinajstić information content (AvgIpc) is 2.53. The predicted molar refractivity (Wildman–Crippen MR) is 84.2 cm³/mol. The molecule has 0 amide bonds.